The number of ether oxygens (including phenoxy) is 1. The molecule has 5 nitrogen and oxygen atoms in total. The van der Waals surface area contributed by atoms with Gasteiger partial charge in [0.2, 0.25) is 0 Å². The zero-order chi connectivity index (χ0) is 12.0. The highest BCUT2D eigenvalue weighted by molar-refractivity contribution is 6.33. The monoisotopic (exact) mass is 222 g/mol. The van der Waals surface area contributed by atoms with E-state index in [4.69, 9.17) is 10.0 Å². The molecule has 1 aromatic rings. The Kier molecular flexibility index (Phi) is 4.56. The Morgan fingerprint density at radius 1 is 1.44 bits per heavy atom. The summed E-state index contributed by atoms with van der Waals surface area (Å²) < 4.78 is 9.08. The minimum atomic E-state index is -1.86. The predicted molar refractivity (Wildman–Crippen MR) is 58.3 cm³/mol. The maximum atomic E-state index is 10.8. The molecular weight excluding hydrogens is 211 g/mol. The van der Waals surface area contributed by atoms with Gasteiger partial charge in [-0.15, -0.1) is 0 Å². The molecule has 1 aromatic carbocycles. The van der Waals surface area contributed by atoms with Crippen molar-refractivity contribution in [1.82, 2.24) is 0 Å². The average Bonchev–Trinajstić information content (AvgIpc) is 2.25. The van der Waals surface area contributed by atoms with Crippen molar-refractivity contribution in [2.45, 2.75) is 0 Å². The van der Waals surface area contributed by atoms with Crippen LogP contribution in [0.2, 0.25) is 0 Å². The lowest BCUT2D eigenvalue weighted by atomic mass is 10.2. The fourth-order valence-corrected chi connectivity index (χ4v) is 1.05. The first-order valence-corrected chi connectivity index (χ1v) is 4.50. The number of hydrogen-bond donors (Lipinski definition) is 2. The third kappa shape index (κ3) is 4.16. The maximum Gasteiger partial charge on any atom is 0.707 e. The highest BCUT2D eigenvalue weighted by atomic mass is 16.6. The highest BCUT2D eigenvalue weighted by Crippen LogP contribution is 2.14. The Hall–Kier alpha value is -1.79. The summed E-state index contributed by atoms with van der Waals surface area (Å²) >= 11 is 0. The zero-order valence-electron chi connectivity index (χ0n) is 8.66. The predicted octanol–water partition coefficient (Wildman–Crippen LogP) is 0.221. The van der Waals surface area contributed by atoms with E-state index in [0.29, 0.717) is 11.3 Å². The Labute approximate surface area is 93.1 Å². The molecule has 0 atom stereocenters. The van der Waals surface area contributed by atoms with Crippen molar-refractivity contribution >= 4 is 19.4 Å². The van der Waals surface area contributed by atoms with Crippen LogP contribution in [-0.4, -0.2) is 30.4 Å². The average molecular weight is 222 g/mol. The minimum Gasteiger partial charge on any atom is -0.512 e. The topological polar surface area (TPSA) is 76.0 Å². The summed E-state index contributed by atoms with van der Waals surface area (Å²) in [6.07, 6.45) is 2.79. The summed E-state index contributed by atoms with van der Waals surface area (Å²) in [5.74, 6) is -0.171. The Balaban J connectivity index is 2.74. The van der Waals surface area contributed by atoms with Crippen molar-refractivity contribution in [2.24, 2.45) is 0 Å². The van der Waals surface area contributed by atoms with Crippen molar-refractivity contribution < 1.29 is 24.2 Å². The summed E-state index contributed by atoms with van der Waals surface area (Å²) in [6, 6.07) is 6.51. The number of benzene rings is 1. The summed E-state index contributed by atoms with van der Waals surface area (Å²) in [5.41, 5.74) is 0.684. The first-order valence-electron chi connectivity index (χ1n) is 4.50. The van der Waals surface area contributed by atoms with Gasteiger partial charge >= 0.3 is 13.3 Å². The van der Waals surface area contributed by atoms with E-state index in [2.05, 4.69) is 9.39 Å². The normalized spacial score (nSPS) is 10.2. The van der Waals surface area contributed by atoms with Gasteiger partial charge in [0, 0.05) is 6.08 Å². The molecular formula is C10H11BO5. The van der Waals surface area contributed by atoms with Gasteiger partial charge in [0.05, 0.1) is 7.11 Å². The zero-order valence-corrected chi connectivity index (χ0v) is 8.66. The summed E-state index contributed by atoms with van der Waals surface area (Å²) in [6.45, 7) is 0. The largest absolute Gasteiger partial charge is 0.707 e. The molecule has 84 valence electrons. The molecule has 0 spiro atoms. The van der Waals surface area contributed by atoms with Crippen molar-refractivity contribution in [1.29, 1.82) is 0 Å². The second kappa shape index (κ2) is 5.94. The van der Waals surface area contributed by atoms with E-state index in [0.717, 1.165) is 0 Å². The minimum absolute atomic E-state index is 0.294. The second-order valence-corrected chi connectivity index (χ2v) is 2.87. The van der Waals surface area contributed by atoms with Crippen molar-refractivity contribution in [3.8, 4) is 5.75 Å². The van der Waals surface area contributed by atoms with Crippen molar-refractivity contribution in [3.63, 3.8) is 0 Å². The van der Waals surface area contributed by atoms with Gasteiger partial charge in [-0.05, 0) is 23.8 Å². The van der Waals surface area contributed by atoms with E-state index in [-0.39, 0.29) is 0 Å². The van der Waals surface area contributed by atoms with Crippen LogP contribution in [0.4, 0.5) is 0 Å². The van der Waals surface area contributed by atoms with Crippen LogP contribution in [0, 0.1) is 0 Å². The molecule has 0 unspecified atom stereocenters. The fourth-order valence-electron chi connectivity index (χ4n) is 1.05. The van der Waals surface area contributed by atoms with Gasteiger partial charge in [0.15, 0.2) is 0 Å². The van der Waals surface area contributed by atoms with Crippen LogP contribution in [0.1, 0.15) is 5.56 Å². The third-order valence-electron chi connectivity index (χ3n) is 1.71. The first kappa shape index (κ1) is 12.3. The van der Waals surface area contributed by atoms with E-state index >= 15 is 0 Å². The SMILES string of the molecule is COC(=O)C=Cc1cccc(OB(O)O)c1. The quantitative estimate of drug-likeness (QED) is 0.433. The highest BCUT2D eigenvalue weighted by Gasteiger charge is 2.10. The lowest BCUT2D eigenvalue weighted by Crippen LogP contribution is -2.20. The number of carbonyl (C=O) groups is 1. The molecule has 0 aliphatic heterocycles. The molecule has 6 heteroatoms. The van der Waals surface area contributed by atoms with Gasteiger partial charge < -0.3 is 19.4 Å². The Morgan fingerprint density at radius 2 is 2.19 bits per heavy atom. The van der Waals surface area contributed by atoms with Crippen LogP contribution in [0.5, 0.6) is 5.75 Å². The molecule has 0 saturated carbocycles. The van der Waals surface area contributed by atoms with E-state index < -0.39 is 13.3 Å². The van der Waals surface area contributed by atoms with Crippen LogP contribution in [0.15, 0.2) is 30.3 Å². The van der Waals surface area contributed by atoms with Crippen LogP contribution < -0.4 is 4.65 Å². The van der Waals surface area contributed by atoms with E-state index in [1.165, 1.54) is 19.3 Å². The molecule has 0 amide bonds. The first-order chi connectivity index (χ1) is 7.61. The molecule has 0 radical (unpaired) electrons. The van der Waals surface area contributed by atoms with Crippen molar-refractivity contribution in [2.75, 3.05) is 7.11 Å². The van der Waals surface area contributed by atoms with E-state index in [1.807, 2.05) is 0 Å². The van der Waals surface area contributed by atoms with Crippen LogP contribution >= 0.6 is 0 Å². The molecule has 1 rings (SSSR count). The summed E-state index contributed by atoms with van der Waals surface area (Å²) in [7, 11) is -0.575. The van der Waals surface area contributed by atoms with Gasteiger partial charge in [-0.25, -0.2) is 4.79 Å². The molecule has 16 heavy (non-hydrogen) atoms. The Morgan fingerprint density at radius 3 is 2.81 bits per heavy atom. The van der Waals surface area contributed by atoms with E-state index in [1.54, 1.807) is 24.3 Å². The van der Waals surface area contributed by atoms with E-state index in [9.17, 15) is 4.79 Å². The van der Waals surface area contributed by atoms with Gasteiger partial charge in [0.1, 0.15) is 5.75 Å². The molecule has 0 saturated heterocycles. The molecule has 0 heterocycles. The number of rotatable bonds is 4. The van der Waals surface area contributed by atoms with Gasteiger partial charge in [-0.1, -0.05) is 12.1 Å². The second-order valence-electron chi connectivity index (χ2n) is 2.87. The maximum absolute atomic E-state index is 10.8. The van der Waals surface area contributed by atoms with Crippen LogP contribution in [-0.2, 0) is 9.53 Å². The standard InChI is InChI=1S/C10H11BO5/c1-15-10(12)6-5-8-3-2-4-9(7-8)16-11(13)14/h2-7,13-14H,1H3. The lowest BCUT2D eigenvalue weighted by Gasteiger charge is -2.04. The van der Waals surface area contributed by atoms with Gasteiger partial charge in [-0.3, -0.25) is 0 Å². The molecule has 2 N–H and O–H groups in total. The smallest absolute Gasteiger partial charge is 0.512 e. The third-order valence-corrected chi connectivity index (χ3v) is 1.71. The van der Waals surface area contributed by atoms with Crippen LogP contribution in [0.25, 0.3) is 6.08 Å². The lowest BCUT2D eigenvalue weighted by molar-refractivity contribution is -0.134. The number of methoxy groups -OCH3 is 1. The summed E-state index contributed by atoms with van der Waals surface area (Å²) in [5, 5.41) is 17.2. The molecule has 0 fully saturated rings. The molecule has 0 aliphatic rings. The van der Waals surface area contributed by atoms with Gasteiger partial charge in [0.25, 0.3) is 0 Å². The van der Waals surface area contributed by atoms with Crippen molar-refractivity contribution in [3.05, 3.63) is 35.9 Å². The number of carbonyl (C=O) groups excluding carboxylic acids is 1. The number of hydrogen-bond acceptors (Lipinski definition) is 5. The molecule has 0 aromatic heterocycles. The molecule has 0 bridgehead atoms. The molecule has 0 aliphatic carbocycles. The van der Waals surface area contributed by atoms with Gasteiger partial charge in [-0.2, -0.15) is 0 Å². The Bertz CT molecular complexity index is 389. The summed E-state index contributed by atoms with van der Waals surface area (Å²) in [4.78, 5) is 10.8. The van der Waals surface area contributed by atoms with Crippen LogP contribution in [0.3, 0.4) is 0 Å². The number of esters is 1. The fraction of sp³-hybridized carbons (Fsp3) is 0.100.